The predicted molar refractivity (Wildman–Crippen MR) is 136 cm³/mol. The van der Waals surface area contributed by atoms with E-state index in [-0.39, 0.29) is 29.8 Å². The van der Waals surface area contributed by atoms with Crippen molar-refractivity contribution in [1.29, 1.82) is 0 Å². The Morgan fingerprint density at radius 3 is 2.25 bits per heavy atom. The number of aromatic nitrogens is 2. The van der Waals surface area contributed by atoms with E-state index in [1.54, 1.807) is 18.2 Å². The first-order chi connectivity index (χ1) is 19.0. The van der Waals surface area contributed by atoms with Gasteiger partial charge in [0.25, 0.3) is 5.91 Å². The number of alkyl halides is 3. The summed E-state index contributed by atoms with van der Waals surface area (Å²) in [5.41, 5.74) is -2.60. The maximum absolute atomic E-state index is 15.4. The average Bonchev–Trinajstić information content (AvgIpc) is 3.30. The molecule has 5 nitrogen and oxygen atoms in total. The SMILES string of the molecule is O=C(c1cc(F)c(-c2nn(C(=O)c3c(Cl)cccc3C(F)(F)F)c3c2CCCC3)c(F)c1)C(O)c1ccccc1. The van der Waals surface area contributed by atoms with E-state index in [0.29, 0.717) is 18.4 Å². The Hall–Kier alpha value is -3.89. The van der Waals surface area contributed by atoms with Crippen molar-refractivity contribution in [1.82, 2.24) is 9.78 Å². The van der Waals surface area contributed by atoms with Crippen LogP contribution in [0.15, 0.2) is 60.7 Å². The van der Waals surface area contributed by atoms with Crippen LogP contribution in [0.5, 0.6) is 0 Å². The zero-order chi connectivity index (χ0) is 28.8. The number of ketones is 1. The standard InChI is InChI=1S/C29H20ClF5N2O3/c30-19-11-6-10-18(29(33,34)35)23(19)28(40)37-22-12-5-4-9-17(22)25(36-37)24-20(31)13-16(14-21(24)32)27(39)26(38)15-7-2-1-3-8-15/h1-3,6-8,10-11,13-14,26,38H,4-5,9,12H2. The number of aliphatic hydroxyl groups excluding tert-OH is 1. The third kappa shape index (κ3) is 4.93. The van der Waals surface area contributed by atoms with E-state index in [4.69, 9.17) is 11.6 Å². The van der Waals surface area contributed by atoms with Crippen LogP contribution in [0.2, 0.25) is 5.02 Å². The van der Waals surface area contributed by atoms with Gasteiger partial charge in [0.05, 0.1) is 27.4 Å². The lowest BCUT2D eigenvalue weighted by molar-refractivity contribution is -0.137. The molecule has 3 aromatic carbocycles. The molecular weight excluding hydrogens is 555 g/mol. The van der Waals surface area contributed by atoms with Gasteiger partial charge in [-0.15, -0.1) is 0 Å². The quantitative estimate of drug-likeness (QED) is 0.206. The van der Waals surface area contributed by atoms with E-state index in [1.165, 1.54) is 12.1 Å². The highest BCUT2D eigenvalue weighted by atomic mass is 35.5. The van der Waals surface area contributed by atoms with Crippen molar-refractivity contribution >= 4 is 23.3 Å². The van der Waals surface area contributed by atoms with E-state index < -0.39 is 62.9 Å². The molecule has 1 unspecified atom stereocenters. The molecule has 11 heteroatoms. The summed E-state index contributed by atoms with van der Waals surface area (Å²) in [4.78, 5) is 26.2. The maximum Gasteiger partial charge on any atom is 0.417 e. The number of rotatable bonds is 5. The number of benzene rings is 3. The van der Waals surface area contributed by atoms with Crippen LogP contribution in [-0.2, 0) is 19.0 Å². The first-order valence-corrected chi connectivity index (χ1v) is 12.6. The van der Waals surface area contributed by atoms with Gasteiger partial charge in [-0.25, -0.2) is 8.78 Å². The van der Waals surface area contributed by atoms with Crippen molar-refractivity contribution in [3.63, 3.8) is 0 Å². The van der Waals surface area contributed by atoms with Crippen LogP contribution in [0.3, 0.4) is 0 Å². The molecule has 0 amide bonds. The number of hydrogen-bond donors (Lipinski definition) is 1. The van der Waals surface area contributed by atoms with E-state index in [9.17, 15) is 27.9 Å². The first kappa shape index (κ1) is 27.7. The Labute approximate surface area is 229 Å². The number of hydrogen-bond acceptors (Lipinski definition) is 4. The fourth-order valence-electron chi connectivity index (χ4n) is 4.94. The largest absolute Gasteiger partial charge is 0.417 e. The van der Waals surface area contributed by atoms with Gasteiger partial charge in [-0.05, 0) is 55.5 Å². The first-order valence-electron chi connectivity index (χ1n) is 12.3. The highest BCUT2D eigenvalue weighted by Crippen LogP contribution is 2.38. The van der Waals surface area contributed by atoms with Crippen LogP contribution in [0.1, 0.15) is 62.0 Å². The van der Waals surface area contributed by atoms with Crippen LogP contribution in [0, 0.1) is 11.6 Å². The van der Waals surface area contributed by atoms with Gasteiger partial charge in [-0.1, -0.05) is 48.0 Å². The van der Waals surface area contributed by atoms with Crippen LogP contribution in [0.25, 0.3) is 11.3 Å². The molecule has 1 heterocycles. The monoisotopic (exact) mass is 574 g/mol. The zero-order valence-electron chi connectivity index (χ0n) is 20.6. The molecule has 206 valence electrons. The summed E-state index contributed by atoms with van der Waals surface area (Å²) in [5.74, 6) is -4.47. The van der Waals surface area contributed by atoms with Gasteiger partial charge in [-0.3, -0.25) is 9.59 Å². The molecule has 1 aromatic heterocycles. The van der Waals surface area contributed by atoms with Crippen molar-refractivity contribution in [3.8, 4) is 11.3 Å². The van der Waals surface area contributed by atoms with Crippen molar-refractivity contribution < 1.29 is 36.6 Å². The normalized spacial score (nSPS) is 14.1. The summed E-state index contributed by atoms with van der Waals surface area (Å²) in [6.07, 6.45) is -4.86. The molecule has 5 rings (SSSR count). The maximum atomic E-state index is 15.4. The highest BCUT2D eigenvalue weighted by molar-refractivity contribution is 6.34. The molecule has 1 aliphatic rings. The molecule has 1 N–H and O–H groups in total. The summed E-state index contributed by atoms with van der Waals surface area (Å²) in [6.45, 7) is 0. The smallest absolute Gasteiger partial charge is 0.380 e. The molecule has 0 radical (unpaired) electrons. The Morgan fingerprint density at radius 1 is 0.950 bits per heavy atom. The van der Waals surface area contributed by atoms with Crippen molar-refractivity contribution in [2.45, 2.75) is 38.0 Å². The van der Waals surface area contributed by atoms with Crippen LogP contribution in [-0.4, -0.2) is 26.6 Å². The second-order valence-corrected chi connectivity index (χ2v) is 9.76. The summed E-state index contributed by atoms with van der Waals surface area (Å²) in [5, 5.41) is 14.1. The fraction of sp³-hybridized carbons (Fsp3) is 0.207. The Bertz CT molecular complexity index is 1610. The molecule has 0 spiro atoms. The second kappa shape index (κ2) is 10.6. The molecule has 0 aliphatic heterocycles. The number of halogens is 6. The van der Waals surface area contributed by atoms with Crippen LogP contribution >= 0.6 is 11.6 Å². The van der Waals surface area contributed by atoms with Gasteiger partial charge in [0.15, 0.2) is 5.78 Å². The summed E-state index contributed by atoms with van der Waals surface area (Å²) < 4.78 is 72.7. The number of carbonyl (C=O) groups is 2. The summed E-state index contributed by atoms with van der Waals surface area (Å²) in [7, 11) is 0. The topological polar surface area (TPSA) is 72.2 Å². The highest BCUT2D eigenvalue weighted by Gasteiger charge is 2.38. The molecule has 4 aromatic rings. The number of nitrogens with zero attached hydrogens (tertiary/aromatic N) is 2. The van der Waals surface area contributed by atoms with E-state index in [0.717, 1.165) is 35.0 Å². The molecule has 0 saturated heterocycles. The van der Waals surface area contributed by atoms with Gasteiger partial charge in [-0.2, -0.15) is 23.0 Å². The third-order valence-electron chi connectivity index (χ3n) is 6.83. The molecule has 0 bridgehead atoms. The number of aliphatic hydroxyl groups is 1. The Balaban J connectivity index is 1.60. The van der Waals surface area contributed by atoms with Gasteiger partial charge < -0.3 is 5.11 Å². The van der Waals surface area contributed by atoms with E-state index in [1.807, 2.05) is 0 Å². The average molecular weight is 575 g/mol. The number of carbonyl (C=O) groups excluding carboxylic acids is 2. The Morgan fingerprint density at radius 2 is 1.60 bits per heavy atom. The molecule has 1 atom stereocenters. The summed E-state index contributed by atoms with van der Waals surface area (Å²) in [6, 6.07) is 12.3. The molecular formula is C29H20ClF5N2O3. The minimum atomic E-state index is -4.89. The Kier molecular flexibility index (Phi) is 7.32. The van der Waals surface area contributed by atoms with E-state index in [2.05, 4.69) is 5.10 Å². The van der Waals surface area contributed by atoms with Crippen molar-refractivity contribution in [2.24, 2.45) is 0 Å². The molecule has 40 heavy (non-hydrogen) atoms. The lowest BCUT2D eigenvalue weighted by Gasteiger charge is -2.16. The van der Waals surface area contributed by atoms with Crippen molar-refractivity contribution in [2.75, 3.05) is 0 Å². The van der Waals surface area contributed by atoms with Gasteiger partial charge in [0.2, 0.25) is 0 Å². The fourth-order valence-corrected chi connectivity index (χ4v) is 5.19. The lowest BCUT2D eigenvalue weighted by atomic mass is 9.92. The van der Waals surface area contributed by atoms with Crippen LogP contribution < -0.4 is 0 Å². The molecule has 0 saturated carbocycles. The minimum Gasteiger partial charge on any atom is -0.380 e. The minimum absolute atomic E-state index is 0.234. The number of fused-ring (bicyclic) bond motifs is 1. The van der Waals surface area contributed by atoms with E-state index >= 15 is 8.78 Å². The molecule has 0 fully saturated rings. The van der Waals surface area contributed by atoms with Crippen molar-refractivity contribution in [3.05, 3.63) is 111 Å². The lowest BCUT2D eigenvalue weighted by Crippen LogP contribution is -2.22. The second-order valence-electron chi connectivity index (χ2n) is 9.35. The van der Waals surface area contributed by atoms with Gasteiger partial charge >= 0.3 is 6.18 Å². The third-order valence-corrected chi connectivity index (χ3v) is 7.15. The van der Waals surface area contributed by atoms with Gasteiger partial charge in [0.1, 0.15) is 23.4 Å². The number of Topliss-reactive ketones (excluding diaryl/α,β-unsaturated/α-hetero) is 1. The van der Waals surface area contributed by atoms with Gasteiger partial charge in [0, 0.05) is 11.1 Å². The molecule has 1 aliphatic carbocycles. The summed E-state index contributed by atoms with van der Waals surface area (Å²) >= 11 is 6.02. The van der Waals surface area contributed by atoms with Crippen LogP contribution in [0.4, 0.5) is 22.0 Å². The zero-order valence-corrected chi connectivity index (χ0v) is 21.4. The predicted octanol–water partition coefficient (Wildman–Crippen LogP) is 6.98.